The molecule has 77 heavy (non-hydrogen) atoms. The van der Waals surface area contributed by atoms with Crippen LogP contribution in [0, 0.1) is 0 Å². The smallest absolute Gasteiger partial charge is 0.249 e. The number of nitrogens with zero attached hydrogens (tertiary/aromatic N) is 4. The fourth-order valence-corrected chi connectivity index (χ4v) is 9.19. The minimum Gasteiger partial charge on any atom is -0.496 e. The standard InChI is InChI=1S/C56H80N6O14S/c1-53(2,3)73-61(74-54(4,5)6)51(57)59-41-29-35(21-25-43(41)67-15)49(27-23-39-45(69-17)31-37(65-13)32-46(39)70-18)77(63,64)50(28-24-40-47(71-19)33-38(66-14)34-48(40)72-20)36-22-26-44(68-16)42(30-36)60-52(58)62(75-55(7,8)9)76-56(10,11)12/h21-34,49-50H,1-20H3,(H2,57,59)(H2,58,60). The second-order valence-electron chi connectivity index (χ2n) is 21.2. The lowest BCUT2D eigenvalue weighted by Crippen LogP contribution is -2.46. The maximum Gasteiger partial charge on any atom is 0.249 e. The van der Waals surface area contributed by atoms with Crippen LogP contribution >= 0.6 is 0 Å². The lowest BCUT2D eigenvalue weighted by atomic mass is 10.1. The van der Waals surface area contributed by atoms with Crippen molar-refractivity contribution < 1.29 is 65.7 Å². The van der Waals surface area contributed by atoms with E-state index in [0.29, 0.717) is 45.6 Å². The molecule has 0 saturated heterocycles. The van der Waals surface area contributed by atoms with Crippen molar-refractivity contribution in [2.24, 2.45) is 21.5 Å². The molecule has 0 bridgehead atoms. The van der Waals surface area contributed by atoms with Gasteiger partial charge in [-0.15, -0.1) is 0 Å². The van der Waals surface area contributed by atoms with E-state index in [1.165, 1.54) is 69.0 Å². The molecule has 0 radical (unpaired) electrons. The summed E-state index contributed by atoms with van der Waals surface area (Å²) in [5, 5.41) is -0.939. The Morgan fingerprint density at radius 1 is 0.442 bits per heavy atom. The van der Waals surface area contributed by atoms with Gasteiger partial charge in [0.1, 0.15) is 67.9 Å². The van der Waals surface area contributed by atoms with Crippen molar-refractivity contribution in [1.82, 2.24) is 10.5 Å². The third-order valence-corrected chi connectivity index (χ3v) is 12.7. The number of hydroxylamine groups is 4. The molecule has 0 spiro atoms. The van der Waals surface area contributed by atoms with Gasteiger partial charge in [-0.1, -0.05) is 34.7 Å². The predicted octanol–water partition coefficient (Wildman–Crippen LogP) is 10.8. The Balaban J connectivity index is 2.20. The Labute approximate surface area is 455 Å². The summed E-state index contributed by atoms with van der Waals surface area (Å²) in [6.45, 7) is 21.9. The highest BCUT2D eigenvalue weighted by molar-refractivity contribution is 7.92. The van der Waals surface area contributed by atoms with Crippen molar-refractivity contribution in [3.05, 3.63) is 95.1 Å². The second-order valence-corrected chi connectivity index (χ2v) is 23.4. The minimum atomic E-state index is -4.62. The number of aliphatic imine (C=N–C) groups is 2. The number of methoxy groups -OCH3 is 8. The van der Waals surface area contributed by atoms with Gasteiger partial charge < -0.3 is 49.4 Å². The Morgan fingerprint density at radius 2 is 0.714 bits per heavy atom. The van der Waals surface area contributed by atoms with Crippen molar-refractivity contribution in [1.29, 1.82) is 0 Å². The van der Waals surface area contributed by atoms with E-state index in [0.717, 1.165) is 10.5 Å². The van der Waals surface area contributed by atoms with Crippen LogP contribution < -0.4 is 49.4 Å². The normalized spacial score (nSPS) is 13.8. The van der Waals surface area contributed by atoms with Crippen LogP contribution in [0.2, 0.25) is 0 Å². The molecule has 4 aromatic rings. The lowest BCUT2D eigenvalue weighted by Gasteiger charge is -2.33. The first kappa shape index (κ1) is 62.6. The van der Waals surface area contributed by atoms with Crippen LogP contribution in [0.1, 0.15) is 116 Å². The number of hydrogen-bond donors (Lipinski definition) is 2. The van der Waals surface area contributed by atoms with Crippen molar-refractivity contribution in [2.75, 3.05) is 56.9 Å². The van der Waals surface area contributed by atoms with Crippen molar-refractivity contribution in [3.8, 4) is 46.0 Å². The van der Waals surface area contributed by atoms with Gasteiger partial charge in [0.2, 0.25) is 11.9 Å². The van der Waals surface area contributed by atoms with Gasteiger partial charge in [0.05, 0.1) is 90.4 Å². The summed E-state index contributed by atoms with van der Waals surface area (Å²) in [6, 6.07) is 16.2. The Hall–Kier alpha value is -6.91. The first-order chi connectivity index (χ1) is 35.8. The number of rotatable bonds is 22. The zero-order valence-corrected chi connectivity index (χ0v) is 49.1. The Morgan fingerprint density at radius 3 is 0.948 bits per heavy atom. The maximum atomic E-state index is 16.4. The molecule has 0 aliphatic carbocycles. The minimum absolute atomic E-state index is 0.145. The van der Waals surface area contributed by atoms with E-state index in [2.05, 4.69) is 0 Å². The van der Waals surface area contributed by atoms with Crippen LogP contribution in [0.3, 0.4) is 0 Å². The first-order valence-corrected chi connectivity index (χ1v) is 26.1. The summed E-state index contributed by atoms with van der Waals surface area (Å²) in [6.07, 6.45) is 6.27. The van der Waals surface area contributed by atoms with Crippen LogP contribution in [0.15, 0.2) is 82.8 Å². The van der Waals surface area contributed by atoms with Crippen LogP contribution in [0.4, 0.5) is 11.4 Å². The molecule has 0 aliphatic heterocycles. The molecule has 0 amide bonds. The van der Waals surface area contributed by atoms with Gasteiger partial charge in [-0.2, -0.15) is 0 Å². The first-order valence-electron chi connectivity index (χ1n) is 24.4. The van der Waals surface area contributed by atoms with E-state index < -0.39 is 42.7 Å². The maximum absolute atomic E-state index is 16.4. The zero-order chi connectivity index (χ0) is 57.8. The summed E-state index contributed by atoms with van der Waals surface area (Å²) < 4.78 is 78.6. The molecule has 2 atom stereocenters. The van der Waals surface area contributed by atoms with Crippen molar-refractivity contribution in [2.45, 2.75) is 116 Å². The fourth-order valence-electron chi connectivity index (χ4n) is 7.23. The molecule has 21 heteroatoms. The van der Waals surface area contributed by atoms with Gasteiger partial charge in [0, 0.05) is 24.3 Å². The molecule has 424 valence electrons. The van der Waals surface area contributed by atoms with Gasteiger partial charge in [0.25, 0.3) is 0 Å². The van der Waals surface area contributed by atoms with E-state index in [-0.39, 0.29) is 45.9 Å². The van der Waals surface area contributed by atoms with E-state index in [4.69, 9.17) is 78.7 Å². The van der Waals surface area contributed by atoms with Gasteiger partial charge >= 0.3 is 0 Å². The Bertz CT molecular complexity index is 2610. The van der Waals surface area contributed by atoms with Gasteiger partial charge in [-0.05, 0) is 131 Å². The molecule has 0 heterocycles. The topological polar surface area (TPSA) is 228 Å². The molecule has 0 saturated carbocycles. The average Bonchev–Trinajstić information content (AvgIpc) is 3.33. The van der Waals surface area contributed by atoms with Gasteiger partial charge in [0.15, 0.2) is 9.84 Å². The number of ether oxygens (including phenoxy) is 8. The van der Waals surface area contributed by atoms with Gasteiger partial charge in [-0.3, -0.25) is 0 Å². The molecule has 0 aromatic heterocycles. The van der Waals surface area contributed by atoms with Crippen molar-refractivity contribution >= 4 is 45.3 Å². The van der Waals surface area contributed by atoms with Crippen LogP contribution in [0.5, 0.6) is 46.0 Å². The third-order valence-electron chi connectivity index (χ3n) is 10.4. The van der Waals surface area contributed by atoms with E-state index >= 15 is 8.42 Å². The van der Waals surface area contributed by atoms with Crippen LogP contribution in [-0.4, -0.2) is 110 Å². The molecule has 4 N–H and O–H groups in total. The number of sulfone groups is 1. The second kappa shape index (κ2) is 26.0. The molecule has 4 aromatic carbocycles. The highest BCUT2D eigenvalue weighted by Crippen LogP contribution is 2.45. The quantitative estimate of drug-likeness (QED) is 0.0423. The Kier molecular flexibility index (Phi) is 21.1. The number of hydrogen-bond acceptors (Lipinski definition) is 16. The highest BCUT2D eigenvalue weighted by Gasteiger charge is 2.36. The summed E-state index contributed by atoms with van der Waals surface area (Å²) >= 11 is 0. The van der Waals surface area contributed by atoms with Crippen molar-refractivity contribution in [3.63, 3.8) is 0 Å². The van der Waals surface area contributed by atoms with Crippen LogP contribution in [0.25, 0.3) is 12.2 Å². The summed E-state index contributed by atoms with van der Waals surface area (Å²) in [7, 11) is 7.25. The van der Waals surface area contributed by atoms with E-state index in [1.807, 2.05) is 83.1 Å². The molecule has 2 unspecified atom stereocenters. The lowest BCUT2D eigenvalue weighted by molar-refractivity contribution is -0.386. The van der Waals surface area contributed by atoms with E-state index in [9.17, 15) is 0 Å². The molecule has 4 rings (SSSR count). The fraction of sp³-hybridized carbons (Fsp3) is 0.464. The summed E-state index contributed by atoms with van der Waals surface area (Å²) in [5.41, 5.74) is 11.9. The summed E-state index contributed by atoms with van der Waals surface area (Å²) in [5.74, 6) is 2.34. The number of guanidine groups is 2. The molecule has 0 aliphatic rings. The van der Waals surface area contributed by atoms with Gasteiger partial charge in [-0.25, -0.2) is 37.8 Å². The third kappa shape index (κ3) is 17.6. The number of benzene rings is 4. The SMILES string of the molecule is COc1cc(OC)c(C=CC(c2ccc(OC)c(N=C(N)N(OC(C)(C)C)OC(C)(C)C)c2)S(=O)(=O)C(C=Cc2c(OC)cc(OC)cc2OC)c2ccc(OC)c(N=C(N)N(OC(C)(C)C)OC(C)(C)C)c2)c(OC)c1. The van der Waals surface area contributed by atoms with Crippen LogP contribution in [-0.2, 0) is 29.2 Å². The molecule has 20 nitrogen and oxygen atoms in total. The zero-order valence-electron chi connectivity index (χ0n) is 48.3. The average molecular weight is 1090 g/mol. The highest BCUT2D eigenvalue weighted by atomic mass is 32.2. The molecular weight excluding hydrogens is 1010 g/mol. The molecular formula is C56H80N6O14S. The predicted molar refractivity (Wildman–Crippen MR) is 300 cm³/mol. The molecule has 0 fully saturated rings. The number of nitrogens with two attached hydrogens (primary N) is 2. The largest absolute Gasteiger partial charge is 0.496 e. The monoisotopic (exact) mass is 1090 g/mol. The summed E-state index contributed by atoms with van der Waals surface area (Å²) in [4.78, 5) is 33.8. The van der Waals surface area contributed by atoms with E-state index in [1.54, 1.807) is 72.8 Å².